The first-order valence-electron chi connectivity index (χ1n) is 7.11. The number of aromatic nitrogens is 1. The summed E-state index contributed by atoms with van der Waals surface area (Å²) in [5.74, 6) is 0. The van der Waals surface area contributed by atoms with Crippen molar-refractivity contribution in [1.82, 2.24) is 15.2 Å². The van der Waals surface area contributed by atoms with Gasteiger partial charge in [0.05, 0.1) is 6.10 Å². The van der Waals surface area contributed by atoms with Gasteiger partial charge in [-0.05, 0) is 24.1 Å². The predicted molar refractivity (Wildman–Crippen MR) is 81.9 cm³/mol. The summed E-state index contributed by atoms with van der Waals surface area (Å²) in [4.78, 5) is 11.6. The van der Waals surface area contributed by atoms with Gasteiger partial charge in [-0.1, -0.05) is 30.3 Å². The van der Waals surface area contributed by atoms with Gasteiger partial charge in [0.2, 0.25) is 0 Å². The van der Waals surface area contributed by atoms with Crippen molar-refractivity contribution in [3.8, 4) is 0 Å². The Kier molecular flexibility index (Phi) is 5.84. The molecule has 1 aromatic heterocycles. The molecule has 5 heteroatoms. The number of hydrogen-bond donors (Lipinski definition) is 3. The molecule has 0 aliphatic rings. The molecule has 1 unspecified atom stereocenters. The fourth-order valence-corrected chi connectivity index (χ4v) is 2.04. The molecule has 5 nitrogen and oxygen atoms in total. The molecule has 0 bridgehead atoms. The summed E-state index contributed by atoms with van der Waals surface area (Å²) < 4.78 is 2.00. The molecule has 0 aliphatic heterocycles. The maximum Gasteiger partial charge on any atom is 0.314 e. The molecule has 1 aromatic carbocycles. The fourth-order valence-electron chi connectivity index (χ4n) is 2.04. The van der Waals surface area contributed by atoms with E-state index in [1.165, 1.54) is 0 Å². The molecule has 112 valence electrons. The summed E-state index contributed by atoms with van der Waals surface area (Å²) in [6.45, 7) is 1.75. The molecule has 2 amide bonds. The summed E-state index contributed by atoms with van der Waals surface area (Å²) in [5.41, 5.74) is 0.868. The van der Waals surface area contributed by atoms with Crippen LogP contribution in [0.15, 0.2) is 54.9 Å². The van der Waals surface area contributed by atoms with Crippen LogP contribution < -0.4 is 10.6 Å². The molecule has 0 saturated heterocycles. The zero-order chi connectivity index (χ0) is 14.9. The minimum atomic E-state index is -0.550. The molecular formula is C16H21N3O2. The van der Waals surface area contributed by atoms with Gasteiger partial charge in [0, 0.05) is 32.0 Å². The standard InChI is InChI=1S/C16H21N3O2/c20-15(14-6-2-1-3-7-14)8-9-17-16(21)18-10-13-19-11-4-5-12-19/h1-7,11-12,15,20H,8-10,13H2,(H2,17,18,21). The summed E-state index contributed by atoms with van der Waals surface area (Å²) >= 11 is 0. The van der Waals surface area contributed by atoms with Crippen LogP contribution in [0.1, 0.15) is 18.1 Å². The Morgan fingerprint density at radius 1 is 1.05 bits per heavy atom. The molecule has 2 rings (SSSR count). The lowest BCUT2D eigenvalue weighted by Gasteiger charge is -2.12. The molecular weight excluding hydrogens is 266 g/mol. The van der Waals surface area contributed by atoms with E-state index in [-0.39, 0.29) is 6.03 Å². The third-order valence-electron chi connectivity index (χ3n) is 3.21. The quantitative estimate of drug-likeness (QED) is 0.728. The fraction of sp³-hybridized carbons (Fsp3) is 0.312. The van der Waals surface area contributed by atoms with E-state index in [0.29, 0.717) is 19.5 Å². The average Bonchev–Trinajstić information content (AvgIpc) is 3.01. The van der Waals surface area contributed by atoms with Gasteiger partial charge in [0.15, 0.2) is 0 Å². The minimum absolute atomic E-state index is 0.206. The second-order valence-electron chi connectivity index (χ2n) is 4.82. The maximum absolute atomic E-state index is 11.6. The van der Waals surface area contributed by atoms with Crippen LogP contribution in [0.5, 0.6) is 0 Å². The van der Waals surface area contributed by atoms with E-state index in [1.807, 2.05) is 59.4 Å². The number of nitrogens with one attached hydrogen (secondary N) is 2. The molecule has 1 atom stereocenters. The van der Waals surface area contributed by atoms with Crippen molar-refractivity contribution < 1.29 is 9.90 Å². The predicted octanol–water partition coefficient (Wildman–Crippen LogP) is 1.91. The number of carbonyl (C=O) groups excluding carboxylic acids is 1. The van der Waals surface area contributed by atoms with Gasteiger partial charge in [0.1, 0.15) is 0 Å². The van der Waals surface area contributed by atoms with E-state index in [9.17, 15) is 9.90 Å². The number of aliphatic hydroxyl groups is 1. The lowest BCUT2D eigenvalue weighted by atomic mass is 10.1. The number of amides is 2. The van der Waals surface area contributed by atoms with Gasteiger partial charge in [-0.25, -0.2) is 4.79 Å². The van der Waals surface area contributed by atoms with Gasteiger partial charge in [-0.2, -0.15) is 0 Å². The first-order valence-corrected chi connectivity index (χ1v) is 7.11. The number of carbonyl (C=O) groups is 1. The second-order valence-corrected chi connectivity index (χ2v) is 4.82. The Balaban J connectivity index is 1.58. The van der Waals surface area contributed by atoms with Crippen molar-refractivity contribution in [1.29, 1.82) is 0 Å². The van der Waals surface area contributed by atoms with Crippen LogP contribution in [0.3, 0.4) is 0 Å². The monoisotopic (exact) mass is 287 g/mol. The Bertz CT molecular complexity index is 526. The van der Waals surface area contributed by atoms with Crippen molar-refractivity contribution in [2.45, 2.75) is 19.1 Å². The van der Waals surface area contributed by atoms with Gasteiger partial charge in [-0.3, -0.25) is 0 Å². The van der Waals surface area contributed by atoms with E-state index in [2.05, 4.69) is 10.6 Å². The molecule has 0 aliphatic carbocycles. The smallest absolute Gasteiger partial charge is 0.314 e. The number of nitrogens with zero attached hydrogens (tertiary/aromatic N) is 1. The summed E-state index contributed by atoms with van der Waals surface area (Å²) in [7, 11) is 0. The Hall–Kier alpha value is -2.27. The highest BCUT2D eigenvalue weighted by Gasteiger charge is 2.07. The van der Waals surface area contributed by atoms with Crippen LogP contribution >= 0.6 is 0 Å². The lowest BCUT2D eigenvalue weighted by molar-refractivity contribution is 0.167. The molecule has 0 radical (unpaired) electrons. The van der Waals surface area contributed by atoms with Crippen LogP contribution in [0.25, 0.3) is 0 Å². The van der Waals surface area contributed by atoms with Crippen molar-refractivity contribution in [2.75, 3.05) is 13.1 Å². The van der Waals surface area contributed by atoms with E-state index in [4.69, 9.17) is 0 Å². The Morgan fingerprint density at radius 2 is 1.71 bits per heavy atom. The number of urea groups is 1. The Labute approximate surface area is 124 Å². The van der Waals surface area contributed by atoms with Gasteiger partial charge in [0.25, 0.3) is 0 Å². The highest BCUT2D eigenvalue weighted by atomic mass is 16.3. The lowest BCUT2D eigenvalue weighted by Crippen LogP contribution is -2.37. The molecule has 21 heavy (non-hydrogen) atoms. The Morgan fingerprint density at radius 3 is 2.43 bits per heavy atom. The van der Waals surface area contributed by atoms with Crippen LogP contribution in [0.4, 0.5) is 4.79 Å². The molecule has 2 aromatic rings. The summed E-state index contributed by atoms with van der Waals surface area (Å²) in [6.07, 6.45) is 3.85. The first-order chi connectivity index (χ1) is 10.3. The van der Waals surface area contributed by atoms with Crippen LogP contribution in [-0.4, -0.2) is 28.8 Å². The van der Waals surface area contributed by atoms with E-state index >= 15 is 0 Å². The second kappa shape index (κ2) is 8.11. The number of benzene rings is 1. The van der Waals surface area contributed by atoms with Crippen LogP contribution in [0, 0.1) is 0 Å². The largest absolute Gasteiger partial charge is 0.388 e. The molecule has 3 N–H and O–H groups in total. The van der Waals surface area contributed by atoms with E-state index in [0.717, 1.165) is 12.1 Å². The molecule has 0 saturated carbocycles. The first kappa shape index (κ1) is 15.1. The molecule has 0 spiro atoms. The van der Waals surface area contributed by atoms with Crippen molar-refractivity contribution in [2.24, 2.45) is 0 Å². The average molecular weight is 287 g/mol. The minimum Gasteiger partial charge on any atom is -0.388 e. The SMILES string of the molecule is O=C(NCCC(O)c1ccccc1)NCCn1cccc1. The number of aliphatic hydroxyl groups excluding tert-OH is 1. The van der Waals surface area contributed by atoms with Crippen molar-refractivity contribution in [3.05, 3.63) is 60.4 Å². The third-order valence-corrected chi connectivity index (χ3v) is 3.21. The summed E-state index contributed by atoms with van der Waals surface area (Å²) in [5, 5.41) is 15.5. The third kappa shape index (κ3) is 5.31. The highest BCUT2D eigenvalue weighted by Crippen LogP contribution is 2.14. The zero-order valence-electron chi connectivity index (χ0n) is 11.9. The van der Waals surface area contributed by atoms with Crippen molar-refractivity contribution >= 4 is 6.03 Å². The topological polar surface area (TPSA) is 66.3 Å². The zero-order valence-corrected chi connectivity index (χ0v) is 11.9. The maximum atomic E-state index is 11.6. The van der Waals surface area contributed by atoms with E-state index in [1.54, 1.807) is 0 Å². The van der Waals surface area contributed by atoms with Crippen LogP contribution in [-0.2, 0) is 6.54 Å². The van der Waals surface area contributed by atoms with Gasteiger partial charge in [-0.15, -0.1) is 0 Å². The highest BCUT2D eigenvalue weighted by molar-refractivity contribution is 5.73. The molecule has 0 fully saturated rings. The number of hydrogen-bond acceptors (Lipinski definition) is 2. The van der Waals surface area contributed by atoms with E-state index < -0.39 is 6.10 Å². The van der Waals surface area contributed by atoms with Crippen LogP contribution in [0.2, 0.25) is 0 Å². The molecule has 1 heterocycles. The normalized spacial score (nSPS) is 11.9. The van der Waals surface area contributed by atoms with Crippen molar-refractivity contribution in [3.63, 3.8) is 0 Å². The number of rotatable bonds is 7. The van der Waals surface area contributed by atoms with Gasteiger partial charge < -0.3 is 20.3 Å². The van der Waals surface area contributed by atoms with Gasteiger partial charge >= 0.3 is 6.03 Å². The summed E-state index contributed by atoms with van der Waals surface area (Å²) in [6, 6.07) is 13.1.